The summed E-state index contributed by atoms with van der Waals surface area (Å²) in [6.07, 6.45) is 9.21. The van der Waals surface area contributed by atoms with Crippen LogP contribution in [-0.4, -0.2) is 53.5 Å². The molecule has 7 heteroatoms. The molecule has 6 rings (SSSR count). The standard InChI is InChI=1S/C23H33N5O2/c1-22-8-7-16(14-18(22)21(30)25-10-13-28-11-3-2-4-12-28)23(15-22)26-19-17(20(29)27-23)6-5-9-24-19/h5-6,9,16,18H,2-4,7-8,10-15H2,1H3,(H,24,26)(H,25,30)(H,27,29)/t16-,18-,22-,23+/m1/s1. The smallest absolute Gasteiger partial charge is 0.256 e. The molecule has 1 spiro atoms. The van der Waals surface area contributed by atoms with E-state index in [9.17, 15) is 9.59 Å². The number of rotatable bonds is 4. The number of hydrogen-bond donors (Lipinski definition) is 3. The molecule has 3 N–H and O–H groups in total. The van der Waals surface area contributed by atoms with Crippen molar-refractivity contribution in [1.29, 1.82) is 0 Å². The van der Waals surface area contributed by atoms with Gasteiger partial charge in [0.05, 0.1) is 5.56 Å². The number of anilines is 1. The molecule has 5 aliphatic rings. The van der Waals surface area contributed by atoms with Crippen LogP contribution < -0.4 is 16.0 Å². The number of fused-ring (bicyclic) bond motifs is 3. The van der Waals surface area contributed by atoms with Gasteiger partial charge in [-0.05, 0) is 69.2 Å². The number of nitrogens with one attached hydrogen (secondary N) is 3. The van der Waals surface area contributed by atoms with Crippen LogP contribution in [0.5, 0.6) is 0 Å². The lowest BCUT2D eigenvalue weighted by molar-refractivity contribution is -0.139. The Labute approximate surface area is 178 Å². The summed E-state index contributed by atoms with van der Waals surface area (Å²) in [5.74, 6) is 1.04. The third-order valence-electron chi connectivity index (χ3n) is 8.03. The van der Waals surface area contributed by atoms with Gasteiger partial charge in [-0.1, -0.05) is 13.3 Å². The van der Waals surface area contributed by atoms with E-state index in [4.69, 9.17) is 0 Å². The lowest BCUT2D eigenvalue weighted by Crippen LogP contribution is -2.70. The summed E-state index contributed by atoms with van der Waals surface area (Å²) < 4.78 is 0. The second-order valence-corrected chi connectivity index (χ2v) is 10.00. The molecule has 30 heavy (non-hydrogen) atoms. The summed E-state index contributed by atoms with van der Waals surface area (Å²) in [5.41, 5.74) is -0.0197. The average Bonchev–Trinajstić information content (AvgIpc) is 2.74. The molecule has 0 aromatic carbocycles. The van der Waals surface area contributed by atoms with Crippen molar-refractivity contribution in [2.24, 2.45) is 17.3 Å². The second-order valence-electron chi connectivity index (χ2n) is 10.00. The van der Waals surface area contributed by atoms with Crippen molar-refractivity contribution in [2.45, 2.75) is 57.5 Å². The van der Waals surface area contributed by atoms with Crippen molar-refractivity contribution in [3.8, 4) is 0 Å². The van der Waals surface area contributed by atoms with Gasteiger partial charge in [0, 0.05) is 31.1 Å². The van der Waals surface area contributed by atoms with Gasteiger partial charge in [-0.25, -0.2) is 4.98 Å². The van der Waals surface area contributed by atoms with E-state index >= 15 is 0 Å². The Hall–Kier alpha value is -2.15. The van der Waals surface area contributed by atoms with Crippen molar-refractivity contribution < 1.29 is 9.59 Å². The van der Waals surface area contributed by atoms with Gasteiger partial charge in [0.2, 0.25) is 5.91 Å². The van der Waals surface area contributed by atoms with Gasteiger partial charge < -0.3 is 20.9 Å². The highest BCUT2D eigenvalue weighted by molar-refractivity contribution is 6.01. The first-order valence-corrected chi connectivity index (χ1v) is 11.5. The highest BCUT2D eigenvalue weighted by atomic mass is 16.2. The minimum absolute atomic E-state index is 0.00654. The zero-order valence-corrected chi connectivity index (χ0v) is 17.9. The van der Waals surface area contributed by atoms with Crippen LogP contribution in [0.4, 0.5) is 5.82 Å². The summed E-state index contributed by atoms with van der Waals surface area (Å²) in [7, 11) is 0. The summed E-state index contributed by atoms with van der Waals surface area (Å²) in [6, 6.07) is 3.59. The molecule has 1 aromatic rings. The number of likely N-dealkylation sites (tertiary alicyclic amines) is 1. The Morgan fingerprint density at radius 3 is 2.93 bits per heavy atom. The van der Waals surface area contributed by atoms with Crippen LogP contribution in [0.3, 0.4) is 0 Å². The fourth-order valence-electron chi connectivity index (χ4n) is 6.37. The number of carbonyl (C=O) groups excluding carboxylic acids is 2. The molecule has 1 aromatic heterocycles. The van der Waals surface area contributed by atoms with Crippen LogP contribution in [0.1, 0.15) is 62.2 Å². The summed E-state index contributed by atoms with van der Waals surface area (Å²) >= 11 is 0. The molecule has 0 radical (unpaired) electrons. The normalized spacial score (nSPS) is 35.4. The number of amides is 2. The number of carbonyl (C=O) groups is 2. The summed E-state index contributed by atoms with van der Waals surface area (Å²) in [5, 5.41) is 10.1. The van der Waals surface area contributed by atoms with Gasteiger partial charge in [-0.15, -0.1) is 0 Å². The lowest BCUT2D eigenvalue weighted by atomic mass is 9.51. The Morgan fingerprint density at radius 1 is 1.30 bits per heavy atom. The van der Waals surface area contributed by atoms with Crippen LogP contribution in [0.15, 0.2) is 18.3 Å². The van der Waals surface area contributed by atoms with Crippen molar-refractivity contribution >= 4 is 17.6 Å². The Balaban J connectivity index is 1.26. The Kier molecular flexibility index (Phi) is 4.96. The van der Waals surface area contributed by atoms with E-state index in [-0.39, 0.29) is 29.1 Å². The zero-order valence-electron chi connectivity index (χ0n) is 17.9. The Morgan fingerprint density at radius 2 is 2.13 bits per heavy atom. The first-order chi connectivity index (χ1) is 14.5. The lowest BCUT2D eigenvalue weighted by Gasteiger charge is -2.60. The van der Waals surface area contributed by atoms with E-state index in [1.807, 2.05) is 0 Å². The van der Waals surface area contributed by atoms with Gasteiger partial charge in [-0.3, -0.25) is 9.59 Å². The average molecular weight is 412 g/mol. The maximum atomic E-state index is 13.1. The third kappa shape index (κ3) is 3.37. The van der Waals surface area contributed by atoms with Crippen molar-refractivity contribution in [3.63, 3.8) is 0 Å². The van der Waals surface area contributed by atoms with E-state index in [2.05, 4.69) is 32.8 Å². The van der Waals surface area contributed by atoms with E-state index in [1.54, 1.807) is 18.3 Å². The van der Waals surface area contributed by atoms with E-state index < -0.39 is 5.66 Å². The number of nitrogens with zero attached hydrogens (tertiary/aromatic N) is 2. The molecule has 3 aliphatic carbocycles. The fourth-order valence-corrected chi connectivity index (χ4v) is 6.37. The third-order valence-corrected chi connectivity index (χ3v) is 8.03. The molecule has 4 fully saturated rings. The predicted octanol–water partition coefficient (Wildman–Crippen LogP) is 2.36. The van der Waals surface area contributed by atoms with Crippen molar-refractivity contribution in [2.75, 3.05) is 31.5 Å². The zero-order chi connectivity index (χ0) is 20.8. The molecule has 2 aliphatic heterocycles. The maximum Gasteiger partial charge on any atom is 0.256 e. The quantitative estimate of drug-likeness (QED) is 0.708. The minimum atomic E-state index is -0.490. The molecule has 1 saturated heterocycles. The van der Waals surface area contributed by atoms with Crippen molar-refractivity contribution in [1.82, 2.24) is 20.5 Å². The molecule has 2 amide bonds. The fraction of sp³-hybridized carbons (Fsp3) is 0.696. The monoisotopic (exact) mass is 411 g/mol. The predicted molar refractivity (Wildman–Crippen MR) is 115 cm³/mol. The van der Waals surface area contributed by atoms with Gasteiger partial charge in [0.15, 0.2) is 0 Å². The van der Waals surface area contributed by atoms with Gasteiger partial charge >= 0.3 is 0 Å². The largest absolute Gasteiger partial charge is 0.355 e. The molecule has 3 heterocycles. The van der Waals surface area contributed by atoms with Gasteiger partial charge in [0.25, 0.3) is 5.91 Å². The molecule has 4 atom stereocenters. The molecule has 162 valence electrons. The van der Waals surface area contributed by atoms with Crippen LogP contribution in [0.2, 0.25) is 0 Å². The molecular weight excluding hydrogens is 378 g/mol. The van der Waals surface area contributed by atoms with E-state index in [0.717, 1.165) is 51.9 Å². The molecule has 2 bridgehead atoms. The topological polar surface area (TPSA) is 86.4 Å². The second kappa shape index (κ2) is 7.52. The molecule has 7 nitrogen and oxygen atoms in total. The summed E-state index contributed by atoms with van der Waals surface area (Å²) in [4.78, 5) is 32.8. The number of aromatic nitrogens is 1. The number of pyridine rings is 1. The number of piperidine rings is 1. The van der Waals surface area contributed by atoms with Crippen molar-refractivity contribution in [3.05, 3.63) is 23.9 Å². The first-order valence-electron chi connectivity index (χ1n) is 11.5. The first kappa shape index (κ1) is 19.8. The molecule has 3 saturated carbocycles. The van der Waals surface area contributed by atoms with Gasteiger partial charge in [-0.2, -0.15) is 0 Å². The maximum absolute atomic E-state index is 13.1. The Bertz CT molecular complexity index is 839. The highest BCUT2D eigenvalue weighted by Crippen LogP contribution is 2.58. The number of hydrogen-bond acceptors (Lipinski definition) is 5. The van der Waals surface area contributed by atoms with Crippen LogP contribution >= 0.6 is 0 Å². The van der Waals surface area contributed by atoms with Crippen LogP contribution in [0.25, 0.3) is 0 Å². The van der Waals surface area contributed by atoms with Gasteiger partial charge in [0.1, 0.15) is 11.5 Å². The van der Waals surface area contributed by atoms with Crippen LogP contribution in [0, 0.1) is 17.3 Å². The van der Waals surface area contributed by atoms with E-state index in [1.165, 1.54) is 19.3 Å². The SMILES string of the molecule is C[C@]12CC[C@H](C[C@@H]1C(=O)NCCN1CCCCC1)[C@]1(C2)NC(=O)c2cccnc2N1. The molecular formula is C23H33N5O2. The minimum Gasteiger partial charge on any atom is -0.355 e. The summed E-state index contributed by atoms with van der Waals surface area (Å²) in [6.45, 7) is 6.21. The van der Waals surface area contributed by atoms with Crippen LogP contribution in [-0.2, 0) is 4.79 Å². The molecule has 0 unspecified atom stereocenters. The highest BCUT2D eigenvalue weighted by Gasteiger charge is 2.60. The van der Waals surface area contributed by atoms with E-state index in [0.29, 0.717) is 11.4 Å².